The molecule has 0 spiro atoms. The Balaban J connectivity index is 2.02. The molecule has 0 aliphatic heterocycles. The highest BCUT2D eigenvalue weighted by molar-refractivity contribution is 14.1. The summed E-state index contributed by atoms with van der Waals surface area (Å²) in [5, 5.41) is 0. The molecule has 0 aromatic carbocycles. The lowest BCUT2D eigenvalue weighted by atomic mass is 9.68. The van der Waals surface area contributed by atoms with Gasteiger partial charge < -0.3 is 0 Å². The normalized spacial score (nSPS) is 45.9. The van der Waals surface area contributed by atoms with E-state index in [4.69, 9.17) is 0 Å². The molecular formula is C16H22I2. The van der Waals surface area contributed by atoms with Crippen molar-refractivity contribution in [2.24, 2.45) is 17.3 Å². The summed E-state index contributed by atoms with van der Waals surface area (Å²) in [6.45, 7) is 7.43. The molecule has 0 radical (unpaired) electrons. The highest BCUT2D eigenvalue weighted by atomic mass is 127. The molecule has 0 nitrogen and oxygen atoms in total. The van der Waals surface area contributed by atoms with Crippen LogP contribution in [0.5, 0.6) is 0 Å². The topological polar surface area (TPSA) is 0 Å². The average Bonchev–Trinajstić information content (AvgIpc) is 2.47. The summed E-state index contributed by atoms with van der Waals surface area (Å²) < 4.78 is 1.24. The van der Waals surface area contributed by atoms with Crippen LogP contribution in [0.1, 0.15) is 46.5 Å². The Bertz CT molecular complexity index is 428. The largest absolute Gasteiger partial charge is 0.0794 e. The zero-order valence-corrected chi connectivity index (χ0v) is 15.8. The molecule has 3 aliphatic rings. The van der Waals surface area contributed by atoms with Gasteiger partial charge >= 0.3 is 0 Å². The first-order chi connectivity index (χ1) is 8.31. The zero-order chi connectivity index (χ0) is 13.1. The Kier molecular flexibility index (Phi) is 3.45. The van der Waals surface area contributed by atoms with Crippen molar-refractivity contribution >= 4 is 45.2 Å². The Morgan fingerprint density at radius 1 is 1.28 bits per heavy atom. The first-order valence-corrected chi connectivity index (χ1v) is 9.39. The van der Waals surface area contributed by atoms with Gasteiger partial charge in [0.25, 0.3) is 0 Å². The number of hydrogen-bond donors (Lipinski definition) is 0. The van der Waals surface area contributed by atoms with Crippen molar-refractivity contribution in [1.82, 2.24) is 0 Å². The second-order valence-corrected chi connectivity index (χ2v) is 11.3. The van der Waals surface area contributed by atoms with Crippen LogP contribution in [0.25, 0.3) is 0 Å². The molecule has 0 N–H and O–H groups in total. The molecule has 2 fully saturated rings. The van der Waals surface area contributed by atoms with Crippen molar-refractivity contribution in [1.29, 1.82) is 0 Å². The number of allylic oxidation sites excluding steroid dienone is 4. The molecule has 2 saturated carbocycles. The van der Waals surface area contributed by atoms with E-state index in [-0.39, 0.29) is 0 Å². The highest BCUT2D eigenvalue weighted by Crippen LogP contribution is 2.62. The Morgan fingerprint density at radius 2 is 2.00 bits per heavy atom. The smallest absolute Gasteiger partial charge is 0.0330 e. The Morgan fingerprint density at radius 3 is 2.72 bits per heavy atom. The molecule has 4 unspecified atom stereocenters. The molecule has 0 heterocycles. The zero-order valence-electron chi connectivity index (χ0n) is 11.5. The predicted molar refractivity (Wildman–Crippen MR) is 95.6 cm³/mol. The summed E-state index contributed by atoms with van der Waals surface area (Å²) in [6.07, 6.45) is 10.6. The summed E-state index contributed by atoms with van der Waals surface area (Å²) >= 11 is 5.29. The maximum atomic E-state index is 2.70. The molecule has 3 aliphatic carbocycles. The monoisotopic (exact) mass is 468 g/mol. The summed E-state index contributed by atoms with van der Waals surface area (Å²) in [6, 6.07) is 0. The van der Waals surface area contributed by atoms with E-state index in [0.29, 0.717) is 12.8 Å². The van der Waals surface area contributed by atoms with Crippen LogP contribution in [0.15, 0.2) is 23.3 Å². The Hall–Kier alpha value is 0.940. The van der Waals surface area contributed by atoms with E-state index in [2.05, 4.69) is 78.1 Å². The average molecular weight is 468 g/mol. The number of alkyl halides is 2. The lowest BCUT2D eigenvalue weighted by Gasteiger charge is -2.41. The molecular weight excluding hydrogens is 446 g/mol. The van der Waals surface area contributed by atoms with E-state index >= 15 is 0 Å². The van der Waals surface area contributed by atoms with Crippen LogP contribution < -0.4 is 0 Å². The molecule has 4 atom stereocenters. The fourth-order valence-electron chi connectivity index (χ4n) is 4.32. The first-order valence-electron chi connectivity index (χ1n) is 7.07. The van der Waals surface area contributed by atoms with Gasteiger partial charge in [-0.05, 0) is 54.1 Å². The number of rotatable bonds is 0. The van der Waals surface area contributed by atoms with Gasteiger partial charge in [-0.3, -0.25) is 0 Å². The molecule has 0 aromatic heterocycles. The van der Waals surface area contributed by atoms with Crippen LogP contribution in [-0.2, 0) is 0 Å². The van der Waals surface area contributed by atoms with Gasteiger partial charge in [0.05, 0.1) is 0 Å². The number of fused-ring (bicyclic) bond motifs is 3. The van der Waals surface area contributed by atoms with E-state index < -0.39 is 0 Å². The minimum absolute atomic E-state index is 0.396. The fourth-order valence-corrected chi connectivity index (χ4v) is 5.72. The van der Waals surface area contributed by atoms with Crippen molar-refractivity contribution in [3.63, 3.8) is 0 Å². The van der Waals surface area contributed by atoms with Gasteiger partial charge in [-0.25, -0.2) is 0 Å². The van der Waals surface area contributed by atoms with Crippen LogP contribution in [0.3, 0.4) is 0 Å². The minimum atomic E-state index is 0.396. The third kappa shape index (κ3) is 2.13. The highest BCUT2D eigenvalue weighted by Gasteiger charge is 2.53. The maximum absolute atomic E-state index is 2.70. The summed E-state index contributed by atoms with van der Waals surface area (Å²) in [5.74, 6) is 1.73. The van der Waals surface area contributed by atoms with Gasteiger partial charge in [-0.1, -0.05) is 78.1 Å². The molecule has 3 rings (SSSR count). The summed E-state index contributed by atoms with van der Waals surface area (Å²) in [7, 11) is 0. The molecule has 2 heteroatoms. The fraction of sp³-hybridized carbons (Fsp3) is 0.750. The molecule has 100 valence electrons. The minimum Gasteiger partial charge on any atom is -0.0794 e. The molecule has 0 bridgehead atoms. The van der Waals surface area contributed by atoms with Crippen molar-refractivity contribution in [2.75, 3.05) is 0 Å². The molecule has 0 amide bonds. The Labute approximate surface area is 138 Å². The third-order valence-corrected chi connectivity index (χ3v) is 7.20. The lowest BCUT2D eigenvalue weighted by Crippen LogP contribution is -2.35. The van der Waals surface area contributed by atoms with Gasteiger partial charge in [0.15, 0.2) is 0 Å². The SMILES string of the molecule is CC1(I)CCC2C3=CCC(I)C=C3C(C)(C)C2C1. The summed E-state index contributed by atoms with van der Waals surface area (Å²) in [5.41, 5.74) is 3.81. The number of halogens is 2. The van der Waals surface area contributed by atoms with Crippen molar-refractivity contribution in [3.8, 4) is 0 Å². The maximum Gasteiger partial charge on any atom is 0.0330 e. The molecule has 18 heavy (non-hydrogen) atoms. The second-order valence-electron chi connectivity index (χ2n) is 7.08. The predicted octanol–water partition coefficient (Wildman–Crippen LogP) is 5.70. The van der Waals surface area contributed by atoms with Crippen LogP contribution in [0, 0.1) is 17.3 Å². The van der Waals surface area contributed by atoms with Crippen LogP contribution in [-0.4, -0.2) is 7.35 Å². The second kappa shape index (κ2) is 4.47. The van der Waals surface area contributed by atoms with E-state index in [1.54, 1.807) is 11.1 Å². The summed E-state index contributed by atoms with van der Waals surface area (Å²) in [4.78, 5) is 0. The van der Waals surface area contributed by atoms with Gasteiger partial charge in [0.2, 0.25) is 0 Å². The molecule has 0 aromatic rings. The van der Waals surface area contributed by atoms with Gasteiger partial charge in [-0.2, -0.15) is 0 Å². The molecule has 0 saturated heterocycles. The lowest BCUT2D eigenvalue weighted by molar-refractivity contribution is 0.170. The van der Waals surface area contributed by atoms with E-state index in [1.165, 1.54) is 25.7 Å². The van der Waals surface area contributed by atoms with Crippen molar-refractivity contribution in [3.05, 3.63) is 23.3 Å². The van der Waals surface area contributed by atoms with Crippen LogP contribution in [0.4, 0.5) is 0 Å². The van der Waals surface area contributed by atoms with Gasteiger partial charge in [0, 0.05) is 7.35 Å². The quantitative estimate of drug-likeness (QED) is 0.317. The first kappa shape index (κ1) is 13.9. The number of hydrogen-bond acceptors (Lipinski definition) is 0. The van der Waals surface area contributed by atoms with Crippen molar-refractivity contribution < 1.29 is 0 Å². The van der Waals surface area contributed by atoms with E-state index in [9.17, 15) is 0 Å². The van der Waals surface area contributed by atoms with Crippen LogP contribution in [0.2, 0.25) is 0 Å². The van der Waals surface area contributed by atoms with Crippen LogP contribution >= 0.6 is 45.2 Å². The van der Waals surface area contributed by atoms with E-state index in [1.807, 2.05) is 0 Å². The van der Waals surface area contributed by atoms with Gasteiger partial charge in [-0.15, -0.1) is 0 Å². The van der Waals surface area contributed by atoms with E-state index in [0.717, 1.165) is 11.8 Å². The van der Waals surface area contributed by atoms with Crippen molar-refractivity contribution in [2.45, 2.75) is 53.8 Å². The standard InChI is InChI=1S/C16H22I2/c1-15(2)13-8-10(17)4-5-11(13)12-6-7-16(3,18)9-14(12)15/h5,8,10,12,14H,4,6-7,9H2,1-3H3. The third-order valence-electron chi connectivity index (χ3n) is 5.35. The van der Waals surface area contributed by atoms with Gasteiger partial charge in [0.1, 0.15) is 0 Å².